The van der Waals surface area contributed by atoms with Gasteiger partial charge in [-0.3, -0.25) is 0 Å². The van der Waals surface area contributed by atoms with Gasteiger partial charge >= 0.3 is 0 Å². The van der Waals surface area contributed by atoms with Gasteiger partial charge in [0.05, 0.1) is 82.4 Å². The standard InChI is InChI=1S/C73H124O38/c1-26(28-16-17-71(7)38-13-11-29-30(73(38,9)39(78)18-72(28,71)8)12-15-40(69(29,3)4)108-65-57(94)52(89)47(84)36(106-65)24-99-63-55(92)49(86)44(81)33(21-76)103-63)10-14-41(70(5,6)97)109-68-61(111-67-58(95)50(87)45(82)34(22-77)104-67)59(96)60(110-66-53(90)42(79)27(2)31(19-74)101-66)37(107-68)25-100-64-56(93)51(88)46(83)35(105-64)23-98-62-54(91)48(85)43(80)32(20-75)102-62/h11,26-28,30-68,74-97H,10,12-25H2,1-9H3/t26-,27-,28?,30?,31-,32-,33-,34-,35-,36-,37-,38?,39-,40+,41-,42+,43-,44-,45-,46-,47-,48+,49+,50+,51+,52+,53-,54-,55-,56-,57-,58-,59+,60-,61-,62+,63+,64+,65+,66?,67+,68+,71+,72-,73+/m1/s1. The normalized spacial score (nSPS) is 52.3. The molecule has 24 N–H and O–H groups in total. The largest absolute Gasteiger partial charge is 0.394 e. The van der Waals surface area contributed by atoms with Crippen LogP contribution in [0.1, 0.15) is 114 Å². The second kappa shape index (κ2) is 35.5. The van der Waals surface area contributed by atoms with Crippen LogP contribution in [0.25, 0.3) is 0 Å². The Labute approximate surface area is 642 Å². The van der Waals surface area contributed by atoms with Crippen molar-refractivity contribution in [3.63, 3.8) is 0 Å². The van der Waals surface area contributed by atoms with Crippen molar-refractivity contribution in [2.45, 2.75) is 346 Å². The predicted molar refractivity (Wildman–Crippen MR) is 369 cm³/mol. The van der Waals surface area contributed by atoms with Gasteiger partial charge in [-0.1, -0.05) is 60.1 Å². The van der Waals surface area contributed by atoms with Crippen LogP contribution < -0.4 is 0 Å². The van der Waals surface area contributed by atoms with Crippen molar-refractivity contribution < 1.29 is 189 Å². The first-order valence-corrected chi connectivity index (χ1v) is 38.9. The molecule has 7 heterocycles. The highest BCUT2D eigenvalue weighted by Crippen LogP contribution is 2.75. The molecule has 11 aliphatic rings. The van der Waals surface area contributed by atoms with E-state index >= 15 is 0 Å². The molecule has 38 nitrogen and oxygen atoms in total. The summed E-state index contributed by atoms with van der Waals surface area (Å²) in [6.45, 7) is 11.9. The van der Waals surface area contributed by atoms with Crippen LogP contribution in [0.5, 0.6) is 0 Å². The Kier molecular flexibility index (Phi) is 28.8. The van der Waals surface area contributed by atoms with Crippen molar-refractivity contribution in [3.8, 4) is 0 Å². The summed E-state index contributed by atoms with van der Waals surface area (Å²) in [5.41, 5.74) is -3.00. The van der Waals surface area contributed by atoms with E-state index in [1.165, 1.54) is 20.8 Å². The summed E-state index contributed by atoms with van der Waals surface area (Å²) in [6.07, 6.45) is -56.8. The summed E-state index contributed by atoms with van der Waals surface area (Å²) in [7, 11) is 0. The topological polar surface area (TPSA) is 615 Å². The Balaban J connectivity index is 0.816. The fourth-order valence-corrected chi connectivity index (χ4v) is 20.1. The van der Waals surface area contributed by atoms with Crippen LogP contribution in [-0.4, -0.2) is 402 Å². The molecule has 7 aliphatic heterocycles. The average molecular weight is 1610 g/mol. The third-order valence-electron chi connectivity index (χ3n) is 27.5. The second-order valence-corrected chi connectivity index (χ2v) is 34.7. The Hall–Kier alpha value is -1.78. The quantitative estimate of drug-likeness (QED) is 0.0358. The molecule has 0 aromatic carbocycles. The minimum absolute atomic E-state index is 0.0352. The second-order valence-electron chi connectivity index (χ2n) is 34.7. The van der Waals surface area contributed by atoms with Gasteiger partial charge in [-0.15, -0.1) is 0 Å². The maximum Gasteiger partial charge on any atom is 0.187 e. The third kappa shape index (κ3) is 17.0. The average Bonchev–Trinajstić information content (AvgIpc) is 1.62. The lowest BCUT2D eigenvalue weighted by molar-refractivity contribution is -0.397. The summed E-state index contributed by atoms with van der Waals surface area (Å²) in [6, 6.07) is 0. The van der Waals surface area contributed by atoms with E-state index in [1.54, 1.807) is 0 Å². The fourth-order valence-electron chi connectivity index (χ4n) is 20.1. The van der Waals surface area contributed by atoms with E-state index in [9.17, 15) is 123 Å². The molecule has 38 heteroatoms. The Morgan fingerprint density at radius 2 is 0.829 bits per heavy atom. The Bertz CT molecular complexity index is 3010. The number of fused-ring (bicyclic) bond motifs is 5. The minimum Gasteiger partial charge on any atom is -0.394 e. The van der Waals surface area contributed by atoms with E-state index in [0.29, 0.717) is 32.1 Å². The fraction of sp³-hybridized carbons (Fsp3) is 0.973. The number of hydrogen-bond donors (Lipinski definition) is 24. The van der Waals surface area contributed by atoms with Gasteiger partial charge in [0.1, 0.15) is 153 Å². The van der Waals surface area contributed by atoms with E-state index < -0.39 is 301 Å². The zero-order chi connectivity index (χ0) is 81.5. The van der Waals surface area contributed by atoms with Gasteiger partial charge in [0.2, 0.25) is 0 Å². The van der Waals surface area contributed by atoms with Gasteiger partial charge in [-0.2, -0.15) is 0 Å². The van der Waals surface area contributed by atoms with Crippen molar-refractivity contribution in [3.05, 3.63) is 11.6 Å². The first-order valence-electron chi connectivity index (χ1n) is 38.9. The molecule has 0 bridgehead atoms. The lowest BCUT2D eigenvalue weighted by atomic mass is 9.38. The van der Waals surface area contributed by atoms with Crippen LogP contribution >= 0.6 is 0 Å². The number of hydrogen-bond acceptors (Lipinski definition) is 38. The molecule has 0 aromatic rings. The van der Waals surface area contributed by atoms with E-state index in [-0.39, 0.29) is 35.5 Å². The molecule has 7 saturated heterocycles. The molecular weight excluding hydrogens is 1480 g/mol. The van der Waals surface area contributed by atoms with Crippen molar-refractivity contribution >= 4 is 0 Å². The first-order chi connectivity index (χ1) is 52.0. The summed E-state index contributed by atoms with van der Waals surface area (Å²) in [5.74, 6) is -1.25. The monoisotopic (exact) mass is 1610 g/mol. The van der Waals surface area contributed by atoms with Crippen LogP contribution in [0.3, 0.4) is 0 Å². The van der Waals surface area contributed by atoms with E-state index in [4.69, 9.17) is 66.3 Å². The molecule has 11 rings (SSSR count). The van der Waals surface area contributed by atoms with Crippen molar-refractivity contribution in [2.24, 2.45) is 51.2 Å². The SMILES string of the molecule is C[C@H]1[C@H](O)[C@@H](O)C(O[C@H]2[C@H](O)[C@@H](O[C@@H]3O[C@H](CO)[C@@H](O)[C@H](O)[C@H]3O)[C@H](O[C@H](CC[C@@H](C)C3CC[C@@]4(C)C5CC=C6C(CC[C@H](O[C@@H]7O[C@H](CO[C@H]8O[C@H](CO)[C@@H](O)[C@H](O)[C@H]8O)[C@@H](O)[C@H](O)[C@H]7O)C6(C)C)[C@]5(C)[C@H](O)C[C@]34C)C(C)(C)O)O[C@@H]2CO[C@H]2O[C@H](CO[C@H]3O[C@H](CO)[C@@H](O)[C@H](O)[C@H]3O)[C@@H](O)[C@H](O)[C@H]2O)O[C@@H]1CO. The van der Waals surface area contributed by atoms with E-state index in [0.717, 1.165) is 18.4 Å². The van der Waals surface area contributed by atoms with Gasteiger partial charge < -0.3 is 189 Å². The van der Waals surface area contributed by atoms with E-state index in [2.05, 4.69) is 33.8 Å². The number of aliphatic hydroxyl groups is 24. The number of aliphatic hydroxyl groups excluding tert-OH is 23. The van der Waals surface area contributed by atoms with Crippen LogP contribution in [-0.2, 0) is 66.3 Å². The molecule has 4 unspecified atom stereocenters. The molecule has 3 saturated carbocycles. The molecule has 644 valence electrons. The van der Waals surface area contributed by atoms with E-state index in [1.807, 2.05) is 13.8 Å². The van der Waals surface area contributed by atoms with Crippen LogP contribution in [0.2, 0.25) is 0 Å². The summed E-state index contributed by atoms with van der Waals surface area (Å²) < 4.78 is 84.6. The molecule has 4 aliphatic carbocycles. The number of rotatable bonds is 26. The lowest BCUT2D eigenvalue weighted by Gasteiger charge is -2.67. The van der Waals surface area contributed by atoms with Gasteiger partial charge in [0.25, 0.3) is 0 Å². The molecular formula is C73H124O38. The Morgan fingerprint density at radius 1 is 0.432 bits per heavy atom. The van der Waals surface area contributed by atoms with Crippen molar-refractivity contribution in [1.29, 1.82) is 0 Å². The summed E-state index contributed by atoms with van der Waals surface area (Å²) in [4.78, 5) is 0. The zero-order valence-electron chi connectivity index (χ0n) is 63.9. The highest BCUT2D eigenvalue weighted by molar-refractivity contribution is 5.32. The summed E-state index contributed by atoms with van der Waals surface area (Å²) >= 11 is 0. The Morgan fingerprint density at radius 3 is 1.31 bits per heavy atom. The lowest BCUT2D eigenvalue weighted by Crippen LogP contribution is -2.67. The highest BCUT2D eigenvalue weighted by atomic mass is 16.8. The molecule has 45 atom stereocenters. The molecule has 0 spiro atoms. The molecule has 0 aromatic heterocycles. The van der Waals surface area contributed by atoms with Crippen molar-refractivity contribution in [1.82, 2.24) is 0 Å². The van der Waals surface area contributed by atoms with Gasteiger partial charge in [0.15, 0.2) is 44.0 Å². The highest BCUT2D eigenvalue weighted by Gasteiger charge is 2.71. The smallest absolute Gasteiger partial charge is 0.187 e. The zero-order valence-corrected chi connectivity index (χ0v) is 63.9. The molecule has 0 amide bonds. The predicted octanol–water partition coefficient (Wildman–Crippen LogP) is -8.48. The molecule has 10 fully saturated rings. The number of allylic oxidation sites excluding steroid dienone is 1. The van der Waals surface area contributed by atoms with Crippen LogP contribution in [0.15, 0.2) is 11.6 Å². The summed E-state index contributed by atoms with van der Waals surface area (Å²) in [5, 5.41) is 264. The van der Waals surface area contributed by atoms with Crippen LogP contribution in [0, 0.1) is 51.2 Å². The molecule has 0 radical (unpaired) electrons. The third-order valence-corrected chi connectivity index (χ3v) is 27.5. The first kappa shape index (κ1) is 90.0. The van der Waals surface area contributed by atoms with Crippen LogP contribution in [0.4, 0.5) is 0 Å². The maximum atomic E-state index is 13.0. The van der Waals surface area contributed by atoms with Gasteiger partial charge in [-0.05, 0) is 99.7 Å². The van der Waals surface area contributed by atoms with Gasteiger partial charge in [-0.25, -0.2) is 0 Å². The number of ether oxygens (including phenoxy) is 14. The van der Waals surface area contributed by atoms with Crippen molar-refractivity contribution in [2.75, 3.05) is 46.2 Å². The molecule has 111 heavy (non-hydrogen) atoms. The maximum absolute atomic E-state index is 13.0. The van der Waals surface area contributed by atoms with Gasteiger partial charge in [0, 0.05) is 16.7 Å². The minimum atomic E-state index is -2.16.